The molecule has 2 aromatic rings. The third-order valence-corrected chi connectivity index (χ3v) is 31.2. The van der Waals surface area contributed by atoms with Gasteiger partial charge in [0.2, 0.25) is 35.4 Å². The van der Waals surface area contributed by atoms with E-state index in [-0.39, 0.29) is 138 Å². The molecule has 11 rings (SSSR count). The first-order chi connectivity index (χ1) is 60.9. The Balaban J connectivity index is 0.000000213. The average molecular weight is 1860 g/mol. The third-order valence-electron chi connectivity index (χ3n) is 26.3. The average Bonchev–Trinajstić information content (AvgIpc) is 1.60. The number of hydrogen-bond donors (Lipinski definition) is 4. The van der Waals surface area contributed by atoms with Crippen LogP contribution in [0.5, 0.6) is 0 Å². The number of carbonyl (C=O) groups excluding carboxylic acids is 6. The molecule has 129 heavy (non-hydrogen) atoms. The van der Waals surface area contributed by atoms with Crippen LogP contribution in [-0.4, -0.2) is 248 Å². The minimum absolute atomic E-state index is 0.0180. The third kappa shape index (κ3) is 32.6. The SMILES string of the molecule is CC(=O)N1CCC(N(C(=O)C2CCC(C)CC2)C2CC(C#CC(C)(C)C)SC2C(=O)O)CC1.CC1CCC(C(=O)N(CCN2CCOCC2)c2cc(C#CC(C)(C)C)sc2C(=O)O)CC1.CC[C@@H](COC)N(C(=O)C1CCC(C)CC1)c1cc(C#CC(C)C)sc1C(=O)O.COCC(=O)N1CCC(N(C(=O)C2CCC(C)CC2)C2CC(C#CC(C)(C)C)SC2C(=O)O)CC1. The van der Waals surface area contributed by atoms with Crippen LogP contribution in [0, 0.1) is 117 Å². The van der Waals surface area contributed by atoms with Crippen molar-refractivity contribution in [3.8, 4) is 47.4 Å². The summed E-state index contributed by atoms with van der Waals surface area (Å²) in [4.78, 5) is 143. The molecule has 0 spiro atoms. The number of piperidine rings is 2. The molecule has 28 heteroatoms. The lowest BCUT2D eigenvalue weighted by Gasteiger charge is -2.44. The maximum absolute atomic E-state index is 14.0. The van der Waals surface area contributed by atoms with Gasteiger partial charge in [0, 0.05) is 131 Å². The topological polar surface area (TPSA) is 302 Å². The van der Waals surface area contributed by atoms with E-state index in [0.29, 0.717) is 149 Å². The molecule has 9 aliphatic rings. The Kier molecular flexibility index (Phi) is 41.8. The molecule has 2 aromatic heterocycles. The van der Waals surface area contributed by atoms with E-state index in [2.05, 4.69) is 101 Å². The van der Waals surface area contributed by atoms with Crippen LogP contribution in [0.2, 0.25) is 0 Å². The second-order valence-electron chi connectivity index (χ2n) is 40.9. The van der Waals surface area contributed by atoms with E-state index >= 15 is 0 Å². The first-order valence-electron chi connectivity index (χ1n) is 47.6. The van der Waals surface area contributed by atoms with Crippen LogP contribution in [0.1, 0.15) is 294 Å². The van der Waals surface area contributed by atoms with E-state index in [1.807, 2.05) is 77.0 Å². The maximum Gasteiger partial charge on any atom is 0.348 e. The Hall–Kier alpha value is -7.12. The number of carboxylic acid groups (broad SMARTS) is 4. The zero-order valence-corrected chi connectivity index (χ0v) is 83.9. The molecule has 24 nitrogen and oxygen atoms in total. The minimum Gasteiger partial charge on any atom is -0.480 e. The van der Waals surface area contributed by atoms with Crippen molar-refractivity contribution < 1.29 is 82.6 Å². The smallest absolute Gasteiger partial charge is 0.348 e. The number of thiophene rings is 2. The van der Waals surface area contributed by atoms with Crippen LogP contribution in [-0.2, 0) is 52.6 Å². The van der Waals surface area contributed by atoms with Gasteiger partial charge in [0.05, 0.1) is 69.6 Å². The van der Waals surface area contributed by atoms with Crippen LogP contribution < -0.4 is 9.80 Å². The number of carboxylic acids is 4. The predicted octanol–water partition coefficient (Wildman–Crippen LogP) is 17.1. The van der Waals surface area contributed by atoms with Crippen LogP contribution in [0.15, 0.2) is 12.1 Å². The number of aliphatic carboxylic acids is 2. The number of morpholine rings is 1. The Morgan fingerprint density at radius 1 is 0.504 bits per heavy atom. The molecule has 9 fully saturated rings. The number of methoxy groups -OCH3 is 2. The normalized spacial score (nSPS) is 26.0. The maximum atomic E-state index is 14.0. The molecule has 7 heterocycles. The van der Waals surface area contributed by atoms with Crippen molar-refractivity contribution in [2.24, 2.45) is 69.5 Å². The zero-order chi connectivity index (χ0) is 94.9. The van der Waals surface area contributed by atoms with Crippen LogP contribution >= 0.6 is 46.2 Å². The highest BCUT2D eigenvalue weighted by molar-refractivity contribution is 8.02. The molecule has 0 bridgehead atoms. The van der Waals surface area contributed by atoms with E-state index in [4.69, 9.17) is 14.2 Å². The molecule has 6 unspecified atom stereocenters. The number of rotatable bonds is 23. The van der Waals surface area contributed by atoms with Gasteiger partial charge in [0.25, 0.3) is 0 Å². The van der Waals surface area contributed by atoms with Gasteiger partial charge in [-0.25, -0.2) is 9.59 Å². The summed E-state index contributed by atoms with van der Waals surface area (Å²) in [6.07, 6.45) is 19.9. The molecule has 5 aliphatic heterocycles. The van der Waals surface area contributed by atoms with Gasteiger partial charge in [-0.2, -0.15) is 0 Å². The fourth-order valence-electron chi connectivity index (χ4n) is 18.8. The standard InChI is InChI=1S/C27H42N2O5S.C26H40N2O4S.C25H36N2O4S.C23H33NO4S/c1-18-6-8-19(9-7-18)25(31)29(20-11-14-28(15-12-20)23(30)17-34-5)22-16-21(10-13-27(2,3)4)35-24(22)26(32)33;1-17-6-8-19(9-7-17)24(30)28(20-11-14-27(15-12-20)18(2)29)22-16-21(10-13-26(3,4)5)33-23(22)25(31)32;1-18-5-7-19(8-6-18)23(28)27(12-11-26-13-15-31-16-14-26)21-17-20(9-10-25(2,3)4)32-22(21)24(29)30;1-6-18(14-28-5)24(22(25)17-10-8-16(4)9-11-17)20-13-19(12-7-15(2)3)29-21(20)23(26)27/h18-22,24H,6-9,11-12,14-17H2,1-5H3,(H,32,33);17,19-23H,6-9,11-12,14-16H2,1-5H3,(H,31,32);17-19H,5-8,11-16H2,1-4H3,(H,29,30);13,15-18H,6,8-11,14H2,1-5H3,(H,26,27)/t;;;16?,17?,18-/m...0/s1. The van der Waals surface area contributed by atoms with Crippen molar-refractivity contribution in [1.29, 1.82) is 0 Å². The van der Waals surface area contributed by atoms with Gasteiger partial charge in [-0.05, 0) is 246 Å². The fraction of sp³-hybridized carbons (Fsp3) is 0.743. The molecular formula is C101H151N7O17S4. The highest BCUT2D eigenvalue weighted by Gasteiger charge is 2.51. The monoisotopic (exact) mass is 1860 g/mol. The summed E-state index contributed by atoms with van der Waals surface area (Å²) >= 11 is 5.09. The number of aromatic carboxylic acids is 2. The molecule has 4 N–H and O–H groups in total. The van der Waals surface area contributed by atoms with Gasteiger partial charge >= 0.3 is 23.9 Å². The number of hydrogen-bond acceptors (Lipinski definition) is 18. The molecule has 0 aromatic carbocycles. The van der Waals surface area contributed by atoms with E-state index in [1.54, 1.807) is 40.9 Å². The summed E-state index contributed by atoms with van der Waals surface area (Å²) in [6.45, 7) is 41.9. The van der Waals surface area contributed by atoms with E-state index < -0.39 is 34.4 Å². The van der Waals surface area contributed by atoms with Crippen molar-refractivity contribution in [1.82, 2.24) is 24.5 Å². The Morgan fingerprint density at radius 3 is 1.26 bits per heavy atom. The minimum atomic E-state index is -1.02. The number of likely N-dealkylation sites (tertiary alicyclic amines) is 2. The van der Waals surface area contributed by atoms with Gasteiger partial charge in [-0.1, -0.05) is 95.8 Å². The first kappa shape index (κ1) is 107. The van der Waals surface area contributed by atoms with Crippen LogP contribution in [0.3, 0.4) is 0 Å². The number of amides is 6. The van der Waals surface area contributed by atoms with Gasteiger partial charge in [-0.15, -0.1) is 46.2 Å². The van der Waals surface area contributed by atoms with Crippen molar-refractivity contribution in [3.05, 3.63) is 31.6 Å². The highest BCUT2D eigenvalue weighted by Crippen LogP contribution is 2.46. The molecule has 716 valence electrons. The quantitative estimate of drug-likeness (QED) is 0.0751. The van der Waals surface area contributed by atoms with Gasteiger partial charge in [0.15, 0.2) is 0 Å². The van der Waals surface area contributed by atoms with Crippen molar-refractivity contribution in [2.45, 2.75) is 317 Å². The van der Waals surface area contributed by atoms with Crippen molar-refractivity contribution >= 4 is 117 Å². The molecule has 4 aliphatic carbocycles. The molecule has 7 atom stereocenters. The number of ether oxygens (including phenoxy) is 3. The number of thioether (sulfide) groups is 2. The Bertz CT molecular complexity index is 4350. The zero-order valence-electron chi connectivity index (χ0n) is 80.7. The molecular weight excluding hydrogens is 1710 g/mol. The van der Waals surface area contributed by atoms with Crippen LogP contribution in [0.4, 0.5) is 11.4 Å². The summed E-state index contributed by atoms with van der Waals surface area (Å²) in [7, 11) is 3.12. The lowest BCUT2D eigenvalue weighted by atomic mass is 9.81. The number of anilines is 2. The van der Waals surface area contributed by atoms with Crippen molar-refractivity contribution in [2.75, 3.05) is 103 Å². The molecule has 6 amide bonds. The first-order valence-corrected chi connectivity index (χ1v) is 51.1. The second kappa shape index (κ2) is 50.3. The Labute approximate surface area is 786 Å². The second-order valence-corrected chi connectivity index (χ2v) is 45.7. The number of carbonyl (C=O) groups is 10. The lowest BCUT2D eigenvalue weighted by Crippen LogP contribution is -2.57. The molecule has 0 radical (unpaired) electrons. The highest BCUT2D eigenvalue weighted by atomic mass is 32.2. The van der Waals surface area contributed by atoms with E-state index in [1.165, 1.54) is 30.6 Å². The van der Waals surface area contributed by atoms with Gasteiger partial charge < -0.3 is 64.0 Å². The fourth-order valence-corrected chi connectivity index (χ4v) is 23.1. The van der Waals surface area contributed by atoms with E-state index in [0.717, 1.165) is 138 Å². The van der Waals surface area contributed by atoms with Crippen molar-refractivity contribution in [3.63, 3.8) is 0 Å². The van der Waals surface area contributed by atoms with Gasteiger partial charge in [0.1, 0.15) is 26.9 Å². The summed E-state index contributed by atoms with van der Waals surface area (Å²) < 4.78 is 15.8. The summed E-state index contributed by atoms with van der Waals surface area (Å²) in [5, 5.41) is 38.3. The summed E-state index contributed by atoms with van der Waals surface area (Å²) in [5.41, 5.74) is 0.469. The van der Waals surface area contributed by atoms with E-state index in [9.17, 15) is 68.4 Å². The number of nitrogens with zero attached hydrogens (tertiary/aromatic N) is 7. The molecule has 5 saturated heterocycles. The lowest BCUT2D eigenvalue weighted by molar-refractivity contribution is -0.148. The largest absolute Gasteiger partial charge is 0.480 e. The predicted molar refractivity (Wildman–Crippen MR) is 515 cm³/mol. The molecule has 4 saturated carbocycles. The Morgan fingerprint density at radius 2 is 0.891 bits per heavy atom. The van der Waals surface area contributed by atoms with Crippen LogP contribution in [0.25, 0.3) is 0 Å². The summed E-state index contributed by atoms with van der Waals surface area (Å²) in [6, 6.07) is 2.55. The summed E-state index contributed by atoms with van der Waals surface area (Å²) in [5.74, 6) is 24.7. The van der Waals surface area contributed by atoms with Gasteiger partial charge in [-0.3, -0.25) is 43.3 Å².